The summed E-state index contributed by atoms with van der Waals surface area (Å²) in [5, 5.41) is 12.2. The Balaban J connectivity index is 2.38. The van der Waals surface area contributed by atoms with E-state index in [1.54, 1.807) is 0 Å². The Labute approximate surface area is 84.6 Å². The second-order valence-corrected chi connectivity index (χ2v) is 4.51. The molecule has 0 saturated carbocycles. The van der Waals surface area contributed by atoms with Gasteiger partial charge in [0.2, 0.25) is 0 Å². The molecule has 1 aromatic carbocycles. The number of nitrogens with one attached hydrogen (secondary N) is 1. The Bertz CT molecular complexity index is 399. The van der Waals surface area contributed by atoms with E-state index in [2.05, 4.69) is 31.3 Å². The van der Waals surface area contributed by atoms with Gasteiger partial charge >= 0.3 is 0 Å². The van der Waals surface area contributed by atoms with Crippen LogP contribution in [-0.2, 0) is 13.0 Å². The minimum absolute atomic E-state index is 0.182. The second kappa shape index (κ2) is 3.11. The molecule has 0 amide bonds. The molecule has 2 rings (SSSR count). The van der Waals surface area contributed by atoms with E-state index in [1.807, 2.05) is 12.1 Å². The first-order chi connectivity index (χ1) is 6.61. The van der Waals surface area contributed by atoms with Crippen molar-refractivity contribution < 1.29 is 0 Å². The monoisotopic (exact) mass is 186 g/mol. The minimum Gasteiger partial charge on any atom is -0.307 e. The van der Waals surface area contributed by atoms with Gasteiger partial charge in [-0.3, -0.25) is 0 Å². The molecule has 0 atom stereocenters. The van der Waals surface area contributed by atoms with E-state index in [-0.39, 0.29) is 5.54 Å². The van der Waals surface area contributed by atoms with Gasteiger partial charge in [-0.05, 0) is 43.5 Å². The first-order valence-electron chi connectivity index (χ1n) is 4.88. The van der Waals surface area contributed by atoms with Crippen molar-refractivity contribution in [3.8, 4) is 6.07 Å². The Hall–Kier alpha value is -1.33. The number of rotatable bonds is 0. The number of fused-ring (bicyclic) bond motifs is 1. The van der Waals surface area contributed by atoms with Crippen LogP contribution in [0.1, 0.15) is 30.5 Å². The van der Waals surface area contributed by atoms with Gasteiger partial charge in [-0.1, -0.05) is 6.07 Å². The fourth-order valence-corrected chi connectivity index (χ4v) is 1.91. The third-order valence-electron chi connectivity index (χ3n) is 2.73. The number of hydrogen-bond donors (Lipinski definition) is 1. The van der Waals surface area contributed by atoms with Crippen LogP contribution in [0.4, 0.5) is 0 Å². The van der Waals surface area contributed by atoms with Crippen LogP contribution in [0.25, 0.3) is 0 Å². The summed E-state index contributed by atoms with van der Waals surface area (Å²) >= 11 is 0. The highest BCUT2D eigenvalue weighted by Crippen LogP contribution is 2.23. The lowest BCUT2D eigenvalue weighted by molar-refractivity contribution is 0.362. The standard InChI is InChI=1S/C12H14N2/c1-12(2)6-10-4-3-9(7-13)5-11(10)8-14-12/h3-5,14H,6,8H2,1-2H3. The van der Waals surface area contributed by atoms with Gasteiger partial charge in [0.05, 0.1) is 11.6 Å². The van der Waals surface area contributed by atoms with E-state index in [0.717, 1.165) is 18.5 Å². The van der Waals surface area contributed by atoms with Crippen molar-refractivity contribution in [2.24, 2.45) is 0 Å². The molecule has 1 aliphatic heterocycles. The highest BCUT2D eigenvalue weighted by molar-refractivity contribution is 5.40. The van der Waals surface area contributed by atoms with Gasteiger partial charge in [0.15, 0.2) is 0 Å². The molecule has 1 aromatic rings. The Kier molecular flexibility index (Phi) is 2.05. The Morgan fingerprint density at radius 1 is 1.36 bits per heavy atom. The summed E-state index contributed by atoms with van der Waals surface area (Å²) in [6.45, 7) is 5.28. The summed E-state index contributed by atoms with van der Waals surface area (Å²) < 4.78 is 0. The SMILES string of the molecule is CC1(C)Cc2ccc(C#N)cc2CN1. The van der Waals surface area contributed by atoms with Crippen LogP contribution in [0, 0.1) is 11.3 Å². The predicted octanol–water partition coefficient (Wildman–Crippen LogP) is 1.98. The van der Waals surface area contributed by atoms with Crippen molar-refractivity contribution in [2.75, 3.05) is 0 Å². The number of nitrogens with zero attached hydrogens (tertiary/aromatic N) is 1. The highest BCUT2D eigenvalue weighted by atomic mass is 15.0. The fraction of sp³-hybridized carbons (Fsp3) is 0.417. The molecule has 2 heteroatoms. The summed E-state index contributed by atoms with van der Waals surface area (Å²) in [5.74, 6) is 0. The summed E-state index contributed by atoms with van der Waals surface area (Å²) in [5.41, 5.74) is 3.57. The molecule has 0 saturated heterocycles. The van der Waals surface area contributed by atoms with Crippen LogP contribution in [0.15, 0.2) is 18.2 Å². The van der Waals surface area contributed by atoms with Gasteiger partial charge in [-0.25, -0.2) is 0 Å². The average Bonchev–Trinajstić information content (AvgIpc) is 2.16. The van der Waals surface area contributed by atoms with E-state index in [0.29, 0.717) is 0 Å². The topological polar surface area (TPSA) is 35.8 Å². The lowest BCUT2D eigenvalue weighted by Crippen LogP contribution is -2.44. The van der Waals surface area contributed by atoms with Gasteiger partial charge < -0.3 is 5.32 Å². The maximum absolute atomic E-state index is 8.77. The molecule has 0 spiro atoms. The van der Waals surface area contributed by atoms with Crippen molar-refractivity contribution in [2.45, 2.75) is 32.4 Å². The van der Waals surface area contributed by atoms with Crippen molar-refractivity contribution >= 4 is 0 Å². The molecule has 1 aliphatic rings. The number of nitriles is 1. The smallest absolute Gasteiger partial charge is 0.0991 e. The van der Waals surface area contributed by atoms with Crippen molar-refractivity contribution in [3.05, 3.63) is 34.9 Å². The van der Waals surface area contributed by atoms with Crippen LogP contribution < -0.4 is 5.32 Å². The van der Waals surface area contributed by atoms with E-state index >= 15 is 0 Å². The van der Waals surface area contributed by atoms with Crippen molar-refractivity contribution in [1.29, 1.82) is 5.26 Å². The van der Waals surface area contributed by atoms with E-state index in [1.165, 1.54) is 11.1 Å². The van der Waals surface area contributed by atoms with Crippen LogP contribution in [0.2, 0.25) is 0 Å². The quantitative estimate of drug-likeness (QED) is 0.672. The van der Waals surface area contributed by atoms with Crippen LogP contribution in [-0.4, -0.2) is 5.54 Å². The van der Waals surface area contributed by atoms with Crippen molar-refractivity contribution in [1.82, 2.24) is 5.32 Å². The zero-order valence-electron chi connectivity index (χ0n) is 8.59. The fourth-order valence-electron chi connectivity index (χ4n) is 1.91. The molecule has 1 heterocycles. The lowest BCUT2D eigenvalue weighted by Gasteiger charge is -2.32. The third kappa shape index (κ3) is 1.64. The predicted molar refractivity (Wildman–Crippen MR) is 55.8 cm³/mol. The Morgan fingerprint density at radius 2 is 2.14 bits per heavy atom. The van der Waals surface area contributed by atoms with E-state index < -0.39 is 0 Å². The maximum Gasteiger partial charge on any atom is 0.0991 e. The number of benzene rings is 1. The summed E-state index contributed by atoms with van der Waals surface area (Å²) in [6.07, 6.45) is 1.04. The lowest BCUT2D eigenvalue weighted by atomic mass is 9.87. The molecule has 1 N–H and O–H groups in total. The third-order valence-corrected chi connectivity index (χ3v) is 2.73. The molecule has 0 bridgehead atoms. The zero-order valence-corrected chi connectivity index (χ0v) is 8.59. The zero-order chi connectivity index (χ0) is 10.2. The second-order valence-electron chi connectivity index (χ2n) is 4.51. The first kappa shape index (κ1) is 9.23. The van der Waals surface area contributed by atoms with E-state index in [9.17, 15) is 0 Å². The molecular formula is C12H14N2. The molecule has 0 aromatic heterocycles. The molecule has 0 aliphatic carbocycles. The molecular weight excluding hydrogens is 172 g/mol. The molecule has 72 valence electrons. The van der Waals surface area contributed by atoms with Crippen LogP contribution >= 0.6 is 0 Å². The van der Waals surface area contributed by atoms with Gasteiger partial charge in [0.25, 0.3) is 0 Å². The molecule has 0 unspecified atom stereocenters. The molecule has 2 nitrogen and oxygen atoms in total. The number of hydrogen-bond acceptors (Lipinski definition) is 2. The Morgan fingerprint density at radius 3 is 2.86 bits per heavy atom. The summed E-state index contributed by atoms with van der Waals surface area (Å²) in [6, 6.07) is 8.14. The van der Waals surface area contributed by atoms with Crippen LogP contribution in [0.3, 0.4) is 0 Å². The van der Waals surface area contributed by atoms with Crippen molar-refractivity contribution in [3.63, 3.8) is 0 Å². The first-order valence-corrected chi connectivity index (χ1v) is 4.88. The maximum atomic E-state index is 8.77. The minimum atomic E-state index is 0.182. The normalized spacial score (nSPS) is 18.4. The molecule has 0 radical (unpaired) electrons. The molecule has 0 fully saturated rings. The van der Waals surface area contributed by atoms with Crippen LogP contribution in [0.5, 0.6) is 0 Å². The highest BCUT2D eigenvalue weighted by Gasteiger charge is 2.24. The summed E-state index contributed by atoms with van der Waals surface area (Å²) in [4.78, 5) is 0. The largest absolute Gasteiger partial charge is 0.307 e. The van der Waals surface area contributed by atoms with E-state index in [4.69, 9.17) is 5.26 Å². The van der Waals surface area contributed by atoms with Gasteiger partial charge in [-0.15, -0.1) is 0 Å². The van der Waals surface area contributed by atoms with Gasteiger partial charge in [0.1, 0.15) is 0 Å². The molecule has 14 heavy (non-hydrogen) atoms. The van der Waals surface area contributed by atoms with Gasteiger partial charge in [0, 0.05) is 12.1 Å². The average molecular weight is 186 g/mol. The summed E-state index contributed by atoms with van der Waals surface area (Å²) in [7, 11) is 0. The van der Waals surface area contributed by atoms with Gasteiger partial charge in [-0.2, -0.15) is 5.26 Å².